The molecule has 0 amide bonds. The van der Waals surface area contributed by atoms with Crippen LogP contribution in [0.25, 0.3) is 66.8 Å². The monoisotopic (exact) mass is 476 g/mol. The van der Waals surface area contributed by atoms with Gasteiger partial charge in [0.15, 0.2) is 0 Å². The van der Waals surface area contributed by atoms with Crippen molar-refractivity contribution in [3.63, 3.8) is 0 Å². The minimum Gasteiger partial charge on any atom is -0.418 e. The third-order valence-corrected chi connectivity index (χ3v) is 7.08. The molecule has 0 unspecified atom stereocenters. The summed E-state index contributed by atoms with van der Waals surface area (Å²) >= 11 is 0. The van der Waals surface area contributed by atoms with Gasteiger partial charge in [0.2, 0.25) is 11.8 Å². The summed E-state index contributed by atoms with van der Waals surface area (Å²) in [5.74, 6) is 1.16. The lowest BCUT2D eigenvalue weighted by Crippen LogP contribution is -1.94. The van der Waals surface area contributed by atoms with E-state index in [0.29, 0.717) is 17.5 Å². The summed E-state index contributed by atoms with van der Waals surface area (Å²) in [6.07, 6.45) is 3.55. The number of benzene rings is 4. The lowest BCUT2D eigenvalue weighted by molar-refractivity contribution is 0.552. The zero-order valence-electron chi connectivity index (χ0n) is 19.7. The van der Waals surface area contributed by atoms with E-state index in [0.717, 1.165) is 22.2 Å². The fourth-order valence-corrected chi connectivity index (χ4v) is 5.57. The summed E-state index contributed by atoms with van der Waals surface area (Å²) in [7, 11) is 0. The Hall–Kier alpha value is -5.16. The summed E-state index contributed by atoms with van der Waals surface area (Å²) in [6, 6.07) is 37.8. The largest absolute Gasteiger partial charge is 0.418 e. The predicted octanol–water partition coefficient (Wildman–Crippen LogP) is 7.93. The van der Waals surface area contributed by atoms with Crippen molar-refractivity contribution in [2.45, 2.75) is 0 Å². The molecule has 0 aliphatic carbocycles. The van der Waals surface area contributed by atoms with E-state index in [1.54, 1.807) is 12.4 Å². The molecule has 0 fully saturated rings. The Morgan fingerprint density at radius 2 is 1.27 bits per heavy atom. The average molecular weight is 477 g/mol. The van der Waals surface area contributed by atoms with Crippen molar-refractivity contribution in [2.24, 2.45) is 0 Å². The standard InChI is InChI=1S/C32H20N4O/c1-2-10-21(11-3-1)35-27-16-7-5-13-24(27)30-28(35)18-17-23-22-12-4-6-15-26(22)36(31(23)30)29-20-34-32(37-29)25-14-8-9-19-33-25/h1-20H. The van der Waals surface area contributed by atoms with Gasteiger partial charge in [-0.25, -0.2) is 4.98 Å². The molecule has 0 bridgehead atoms. The Kier molecular flexibility index (Phi) is 4.16. The lowest BCUT2D eigenvalue weighted by atomic mass is 10.1. The van der Waals surface area contributed by atoms with Crippen LogP contribution in [0.2, 0.25) is 0 Å². The maximum Gasteiger partial charge on any atom is 0.247 e. The van der Waals surface area contributed by atoms with Gasteiger partial charge in [0, 0.05) is 33.4 Å². The Balaban J connectivity index is 1.54. The number of hydrogen-bond acceptors (Lipinski definition) is 3. The molecular weight excluding hydrogens is 456 g/mol. The second kappa shape index (κ2) is 7.67. The summed E-state index contributed by atoms with van der Waals surface area (Å²) < 4.78 is 10.9. The Morgan fingerprint density at radius 1 is 0.541 bits per heavy atom. The number of hydrogen-bond donors (Lipinski definition) is 0. The van der Waals surface area contributed by atoms with Crippen LogP contribution in [-0.4, -0.2) is 19.1 Å². The van der Waals surface area contributed by atoms with Crippen molar-refractivity contribution in [1.82, 2.24) is 19.1 Å². The van der Waals surface area contributed by atoms with Crippen LogP contribution in [0.5, 0.6) is 0 Å². The smallest absolute Gasteiger partial charge is 0.247 e. The van der Waals surface area contributed by atoms with E-state index in [-0.39, 0.29) is 0 Å². The van der Waals surface area contributed by atoms with Crippen LogP contribution in [0.15, 0.2) is 126 Å². The maximum absolute atomic E-state index is 6.37. The molecule has 0 saturated carbocycles. The molecule has 8 rings (SSSR count). The van der Waals surface area contributed by atoms with Gasteiger partial charge in [0.1, 0.15) is 5.69 Å². The van der Waals surface area contributed by atoms with Gasteiger partial charge in [0.05, 0.1) is 28.3 Å². The van der Waals surface area contributed by atoms with E-state index in [1.165, 1.54) is 27.1 Å². The van der Waals surface area contributed by atoms with E-state index < -0.39 is 0 Å². The number of oxazole rings is 1. The molecule has 0 atom stereocenters. The molecule has 0 aliphatic rings. The van der Waals surface area contributed by atoms with Gasteiger partial charge in [0.25, 0.3) is 0 Å². The highest BCUT2D eigenvalue weighted by molar-refractivity contribution is 6.26. The molecule has 174 valence electrons. The summed E-state index contributed by atoms with van der Waals surface area (Å²) in [5.41, 5.74) is 6.33. The normalized spacial score (nSPS) is 11.8. The zero-order valence-corrected chi connectivity index (χ0v) is 19.7. The lowest BCUT2D eigenvalue weighted by Gasteiger charge is -2.08. The second-order valence-corrected chi connectivity index (χ2v) is 9.12. The van der Waals surface area contributed by atoms with Crippen molar-refractivity contribution < 1.29 is 4.42 Å². The quantitative estimate of drug-likeness (QED) is 0.260. The molecule has 5 nitrogen and oxygen atoms in total. The molecule has 5 heteroatoms. The number of nitrogens with zero attached hydrogens (tertiary/aromatic N) is 4. The average Bonchev–Trinajstić information content (AvgIpc) is 3.66. The molecule has 0 aliphatic heterocycles. The minimum atomic E-state index is 0.500. The van der Waals surface area contributed by atoms with Crippen LogP contribution >= 0.6 is 0 Å². The summed E-state index contributed by atoms with van der Waals surface area (Å²) in [6.45, 7) is 0. The number of fused-ring (bicyclic) bond motifs is 7. The molecule has 0 saturated heterocycles. The van der Waals surface area contributed by atoms with Crippen molar-refractivity contribution in [1.29, 1.82) is 0 Å². The van der Waals surface area contributed by atoms with Crippen LogP contribution in [0.3, 0.4) is 0 Å². The Bertz CT molecular complexity index is 2080. The van der Waals surface area contributed by atoms with Crippen LogP contribution in [0, 0.1) is 0 Å². The first kappa shape index (κ1) is 20.1. The van der Waals surface area contributed by atoms with Crippen molar-refractivity contribution in [3.8, 4) is 23.2 Å². The van der Waals surface area contributed by atoms with Gasteiger partial charge in [-0.1, -0.05) is 66.7 Å². The first-order valence-electron chi connectivity index (χ1n) is 12.3. The molecule has 0 spiro atoms. The highest BCUT2D eigenvalue weighted by atomic mass is 16.4. The number of para-hydroxylation sites is 3. The van der Waals surface area contributed by atoms with Gasteiger partial charge in [-0.3, -0.25) is 9.55 Å². The third-order valence-electron chi connectivity index (χ3n) is 7.08. The summed E-state index contributed by atoms with van der Waals surface area (Å²) in [5, 5.41) is 4.73. The van der Waals surface area contributed by atoms with Gasteiger partial charge in [-0.05, 0) is 42.5 Å². The molecule has 8 aromatic rings. The van der Waals surface area contributed by atoms with Crippen molar-refractivity contribution in [2.75, 3.05) is 0 Å². The van der Waals surface area contributed by atoms with Gasteiger partial charge < -0.3 is 8.98 Å². The van der Waals surface area contributed by atoms with E-state index in [4.69, 9.17) is 4.42 Å². The number of aromatic nitrogens is 4. The van der Waals surface area contributed by atoms with Crippen LogP contribution in [0.1, 0.15) is 0 Å². The zero-order chi connectivity index (χ0) is 24.3. The van der Waals surface area contributed by atoms with Crippen LogP contribution in [0.4, 0.5) is 0 Å². The fourth-order valence-electron chi connectivity index (χ4n) is 5.57. The molecule has 0 N–H and O–H groups in total. The number of rotatable bonds is 3. The molecule has 37 heavy (non-hydrogen) atoms. The molecule has 4 aromatic carbocycles. The van der Waals surface area contributed by atoms with E-state index in [1.807, 2.05) is 18.2 Å². The van der Waals surface area contributed by atoms with Gasteiger partial charge in [-0.2, -0.15) is 0 Å². The van der Waals surface area contributed by atoms with Crippen molar-refractivity contribution in [3.05, 3.63) is 122 Å². The van der Waals surface area contributed by atoms with Gasteiger partial charge in [-0.15, -0.1) is 0 Å². The Morgan fingerprint density at radius 3 is 2.08 bits per heavy atom. The van der Waals surface area contributed by atoms with E-state index in [2.05, 4.69) is 110 Å². The highest BCUT2D eigenvalue weighted by Crippen LogP contribution is 2.42. The molecule has 4 aromatic heterocycles. The topological polar surface area (TPSA) is 48.8 Å². The predicted molar refractivity (Wildman–Crippen MR) is 148 cm³/mol. The molecule has 0 radical (unpaired) electrons. The fraction of sp³-hybridized carbons (Fsp3) is 0. The maximum atomic E-state index is 6.37. The molecular formula is C32H20N4O. The highest BCUT2D eigenvalue weighted by Gasteiger charge is 2.22. The van der Waals surface area contributed by atoms with Crippen LogP contribution in [-0.2, 0) is 0 Å². The SMILES string of the molecule is c1ccc(-n2c3ccccc3c3c2ccc2c4ccccc4n(-c4cnc(-c5ccccn5)o4)c23)cc1. The molecule has 4 heterocycles. The Labute approximate surface area is 211 Å². The minimum absolute atomic E-state index is 0.500. The van der Waals surface area contributed by atoms with Gasteiger partial charge >= 0.3 is 0 Å². The number of pyridine rings is 1. The van der Waals surface area contributed by atoms with Crippen molar-refractivity contribution >= 4 is 43.6 Å². The van der Waals surface area contributed by atoms with E-state index >= 15 is 0 Å². The second-order valence-electron chi connectivity index (χ2n) is 9.12. The van der Waals surface area contributed by atoms with Crippen LogP contribution < -0.4 is 0 Å². The first-order valence-corrected chi connectivity index (χ1v) is 12.3. The van der Waals surface area contributed by atoms with E-state index in [9.17, 15) is 0 Å². The summed E-state index contributed by atoms with van der Waals surface area (Å²) in [4.78, 5) is 9.02. The third kappa shape index (κ3) is 2.85. The first-order chi connectivity index (χ1) is 18.4.